The number of rotatable bonds is 4. The molecular weight excluding hydrogens is 375 g/mol. The van der Waals surface area contributed by atoms with Crippen LogP contribution in [0.3, 0.4) is 0 Å². The van der Waals surface area contributed by atoms with Gasteiger partial charge in [0.2, 0.25) is 0 Å². The lowest BCUT2D eigenvalue weighted by molar-refractivity contribution is 0.208. The minimum Gasteiger partial charge on any atom is -0.357 e. The van der Waals surface area contributed by atoms with Gasteiger partial charge in [0.05, 0.1) is 6.54 Å². The summed E-state index contributed by atoms with van der Waals surface area (Å²) in [5, 5.41) is 6.93. The fraction of sp³-hybridized carbons (Fsp3) is 0.938. The summed E-state index contributed by atoms with van der Waals surface area (Å²) >= 11 is 0. The van der Waals surface area contributed by atoms with E-state index in [4.69, 9.17) is 4.99 Å². The van der Waals surface area contributed by atoms with Crippen LogP contribution in [0, 0.1) is 11.8 Å². The third kappa shape index (κ3) is 8.86. The summed E-state index contributed by atoms with van der Waals surface area (Å²) < 4.78 is 0. The van der Waals surface area contributed by atoms with E-state index in [-0.39, 0.29) is 29.5 Å². The number of hydrogen-bond donors (Lipinski definition) is 2. The zero-order valence-electron chi connectivity index (χ0n) is 14.7. The van der Waals surface area contributed by atoms with Gasteiger partial charge in [-0.15, -0.1) is 24.0 Å². The summed E-state index contributed by atoms with van der Waals surface area (Å²) in [6.45, 7) is 18.3. The lowest BCUT2D eigenvalue weighted by atomic mass is 9.92. The van der Waals surface area contributed by atoms with Crippen molar-refractivity contribution in [3.8, 4) is 0 Å². The van der Waals surface area contributed by atoms with Crippen LogP contribution in [-0.2, 0) is 0 Å². The Morgan fingerprint density at radius 2 is 1.76 bits per heavy atom. The molecule has 1 fully saturated rings. The topological polar surface area (TPSA) is 39.7 Å². The molecule has 21 heavy (non-hydrogen) atoms. The highest BCUT2D eigenvalue weighted by Crippen LogP contribution is 2.20. The number of piperidine rings is 1. The summed E-state index contributed by atoms with van der Waals surface area (Å²) in [5.74, 6) is 2.60. The maximum absolute atomic E-state index is 4.78. The first kappa shape index (κ1) is 21.0. The standard InChI is InChI=1S/C16H34N4.HI/c1-7-17-15(18-8-9-19-16(4,5)6)20-11-13(2)10-14(3)12-20;/h13-14,19H,7-12H2,1-6H3,(H,17,18);1H. The molecule has 126 valence electrons. The van der Waals surface area contributed by atoms with E-state index in [0.717, 1.165) is 50.5 Å². The van der Waals surface area contributed by atoms with Crippen molar-refractivity contribution in [3.63, 3.8) is 0 Å². The molecule has 0 aliphatic carbocycles. The van der Waals surface area contributed by atoms with Crippen LogP contribution in [0.2, 0.25) is 0 Å². The van der Waals surface area contributed by atoms with Gasteiger partial charge in [0.1, 0.15) is 0 Å². The Labute approximate surface area is 148 Å². The van der Waals surface area contributed by atoms with E-state index in [1.165, 1.54) is 6.42 Å². The van der Waals surface area contributed by atoms with E-state index in [1.807, 2.05) is 0 Å². The molecule has 0 aromatic carbocycles. The molecule has 0 aromatic heterocycles. The molecule has 1 aliphatic rings. The average molecular weight is 410 g/mol. The zero-order valence-corrected chi connectivity index (χ0v) is 17.0. The monoisotopic (exact) mass is 410 g/mol. The van der Waals surface area contributed by atoms with Crippen LogP contribution in [0.4, 0.5) is 0 Å². The molecule has 0 radical (unpaired) electrons. The predicted molar refractivity (Wildman–Crippen MR) is 104 cm³/mol. The highest BCUT2D eigenvalue weighted by Gasteiger charge is 2.23. The van der Waals surface area contributed by atoms with Crippen LogP contribution in [0.1, 0.15) is 48.0 Å². The Hall–Kier alpha value is -0.0400. The molecule has 1 saturated heterocycles. The molecule has 1 heterocycles. The van der Waals surface area contributed by atoms with Crippen LogP contribution in [0.5, 0.6) is 0 Å². The second-order valence-electron chi connectivity index (χ2n) is 7.26. The lowest BCUT2D eigenvalue weighted by Gasteiger charge is -2.37. The van der Waals surface area contributed by atoms with Crippen molar-refractivity contribution >= 4 is 29.9 Å². The third-order valence-corrected chi connectivity index (χ3v) is 3.53. The van der Waals surface area contributed by atoms with Crippen molar-refractivity contribution in [2.75, 3.05) is 32.7 Å². The Morgan fingerprint density at radius 1 is 1.19 bits per heavy atom. The van der Waals surface area contributed by atoms with Crippen molar-refractivity contribution < 1.29 is 0 Å². The summed E-state index contributed by atoms with van der Waals surface area (Å²) in [6.07, 6.45) is 1.33. The molecule has 5 heteroatoms. The largest absolute Gasteiger partial charge is 0.357 e. The third-order valence-electron chi connectivity index (χ3n) is 3.53. The van der Waals surface area contributed by atoms with Gasteiger partial charge < -0.3 is 15.5 Å². The molecular formula is C16H35IN4. The molecule has 0 amide bonds. The van der Waals surface area contributed by atoms with Crippen molar-refractivity contribution in [2.24, 2.45) is 16.8 Å². The van der Waals surface area contributed by atoms with Crippen molar-refractivity contribution in [1.82, 2.24) is 15.5 Å². The summed E-state index contributed by atoms with van der Waals surface area (Å²) in [6, 6.07) is 0. The number of nitrogens with one attached hydrogen (secondary N) is 2. The Balaban J connectivity index is 0.00000400. The zero-order chi connectivity index (χ0) is 15.2. The first-order chi connectivity index (χ1) is 9.31. The first-order valence-corrected chi connectivity index (χ1v) is 8.10. The molecule has 2 unspecified atom stereocenters. The first-order valence-electron chi connectivity index (χ1n) is 8.10. The second kappa shape index (κ2) is 9.87. The Bertz CT molecular complexity index is 302. The van der Waals surface area contributed by atoms with Crippen molar-refractivity contribution in [1.29, 1.82) is 0 Å². The highest BCUT2D eigenvalue weighted by molar-refractivity contribution is 14.0. The van der Waals surface area contributed by atoms with Crippen LogP contribution >= 0.6 is 24.0 Å². The van der Waals surface area contributed by atoms with E-state index < -0.39 is 0 Å². The molecule has 1 aliphatic heterocycles. The van der Waals surface area contributed by atoms with E-state index in [0.29, 0.717) is 0 Å². The van der Waals surface area contributed by atoms with Crippen LogP contribution in [0.15, 0.2) is 4.99 Å². The van der Waals surface area contributed by atoms with Gasteiger partial charge in [-0.1, -0.05) is 13.8 Å². The molecule has 0 saturated carbocycles. The molecule has 1 rings (SSSR count). The summed E-state index contributed by atoms with van der Waals surface area (Å²) in [4.78, 5) is 7.21. The van der Waals surface area contributed by atoms with Gasteiger partial charge >= 0.3 is 0 Å². The molecule has 0 spiro atoms. The molecule has 4 nitrogen and oxygen atoms in total. The molecule has 0 bridgehead atoms. The maximum Gasteiger partial charge on any atom is 0.193 e. The summed E-state index contributed by atoms with van der Waals surface area (Å²) in [5.41, 5.74) is 0.169. The highest BCUT2D eigenvalue weighted by atomic mass is 127. The maximum atomic E-state index is 4.78. The number of aliphatic imine (C=N–C) groups is 1. The fourth-order valence-electron chi connectivity index (χ4n) is 2.85. The minimum absolute atomic E-state index is 0. The van der Waals surface area contributed by atoms with E-state index in [1.54, 1.807) is 0 Å². The summed E-state index contributed by atoms with van der Waals surface area (Å²) in [7, 11) is 0. The number of halogens is 1. The van der Waals surface area contributed by atoms with E-state index in [2.05, 4.69) is 57.1 Å². The van der Waals surface area contributed by atoms with Gasteiger partial charge in [0, 0.05) is 31.7 Å². The van der Waals surface area contributed by atoms with Gasteiger partial charge in [0.25, 0.3) is 0 Å². The van der Waals surface area contributed by atoms with Crippen LogP contribution < -0.4 is 10.6 Å². The van der Waals surface area contributed by atoms with Gasteiger partial charge in [-0.3, -0.25) is 4.99 Å². The van der Waals surface area contributed by atoms with Crippen molar-refractivity contribution in [2.45, 2.75) is 53.5 Å². The predicted octanol–water partition coefficient (Wildman–Crippen LogP) is 2.94. The van der Waals surface area contributed by atoms with E-state index >= 15 is 0 Å². The normalized spacial score (nSPS) is 23.7. The second-order valence-corrected chi connectivity index (χ2v) is 7.26. The van der Waals surface area contributed by atoms with Gasteiger partial charge in [-0.2, -0.15) is 0 Å². The quantitative estimate of drug-likeness (QED) is 0.324. The van der Waals surface area contributed by atoms with Gasteiger partial charge in [0.15, 0.2) is 5.96 Å². The SMILES string of the molecule is CCNC(=NCCNC(C)(C)C)N1CC(C)CC(C)C1.I. The Morgan fingerprint density at radius 3 is 2.24 bits per heavy atom. The molecule has 0 aromatic rings. The van der Waals surface area contributed by atoms with Crippen LogP contribution in [-0.4, -0.2) is 49.1 Å². The molecule has 2 atom stereocenters. The molecule has 2 N–H and O–H groups in total. The van der Waals surface area contributed by atoms with Crippen LogP contribution in [0.25, 0.3) is 0 Å². The number of likely N-dealkylation sites (tertiary alicyclic amines) is 1. The van der Waals surface area contributed by atoms with Crippen molar-refractivity contribution in [3.05, 3.63) is 0 Å². The number of hydrogen-bond acceptors (Lipinski definition) is 2. The Kier molecular flexibility index (Phi) is 9.85. The smallest absolute Gasteiger partial charge is 0.193 e. The fourth-order valence-corrected chi connectivity index (χ4v) is 2.85. The van der Waals surface area contributed by atoms with Gasteiger partial charge in [-0.25, -0.2) is 0 Å². The average Bonchev–Trinajstić information content (AvgIpc) is 2.30. The van der Waals surface area contributed by atoms with Gasteiger partial charge in [-0.05, 0) is 46.0 Å². The number of guanidine groups is 1. The number of nitrogens with zero attached hydrogens (tertiary/aromatic N) is 2. The lowest BCUT2D eigenvalue weighted by Crippen LogP contribution is -2.48. The van der Waals surface area contributed by atoms with E-state index in [9.17, 15) is 0 Å². The minimum atomic E-state index is 0.